The molecular weight excluding hydrogens is 214 g/mol. The third kappa shape index (κ3) is 1.61. The second-order valence-electron chi connectivity index (χ2n) is 5.00. The predicted molar refractivity (Wildman–Crippen MR) is 64.9 cm³/mol. The first-order valence-electron chi connectivity index (χ1n) is 6.23. The average molecular weight is 231 g/mol. The van der Waals surface area contributed by atoms with Crippen molar-refractivity contribution < 1.29 is 9.21 Å². The topological polar surface area (TPSA) is 33.5 Å². The number of carbonyl (C=O) groups is 1. The monoisotopic (exact) mass is 231 g/mol. The van der Waals surface area contributed by atoms with Crippen LogP contribution in [0.5, 0.6) is 0 Å². The molecule has 2 atom stereocenters. The number of nitrogens with zero attached hydrogens (tertiary/aromatic N) is 1. The normalized spacial score (nSPS) is 26.6. The first-order chi connectivity index (χ1) is 8.16. The smallest absolute Gasteiger partial charge is 0.258 e. The summed E-state index contributed by atoms with van der Waals surface area (Å²) < 4.78 is 5.45. The lowest BCUT2D eigenvalue weighted by atomic mass is 10.1. The van der Waals surface area contributed by atoms with Gasteiger partial charge in [0.05, 0.1) is 11.6 Å². The second kappa shape index (κ2) is 3.76. The van der Waals surface area contributed by atoms with E-state index in [9.17, 15) is 4.79 Å². The third-order valence-electron chi connectivity index (χ3n) is 3.82. The molecule has 0 aliphatic carbocycles. The van der Waals surface area contributed by atoms with E-state index in [4.69, 9.17) is 4.42 Å². The highest BCUT2D eigenvalue weighted by molar-refractivity contribution is 5.96. The Labute approximate surface area is 101 Å². The average Bonchev–Trinajstić information content (AvgIpc) is 2.75. The fraction of sp³-hybridized carbons (Fsp3) is 0.500. The number of aryl methyl sites for hydroxylation is 2. The second-order valence-corrected chi connectivity index (χ2v) is 5.00. The van der Waals surface area contributed by atoms with Crippen LogP contribution in [0.3, 0.4) is 0 Å². The molecule has 17 heavy (non-hydrogen) atoms. The molecule has 90 valence electrons. The fourth-order valence-electron chi connectivity index (χ4n) is 3.02. The van der Waals surface area contributed by atoms with Crippen molar-refractivity contribution in [3.05, 3.63) is 35.3 Å². The SMILES string of the molecule is Cc1cc(C(=O)N2[C@H]3CC=C[C@H]2CC3)c(C)o1. The fourth-order valence-corrected chi connectivity index (χ4v) is 3.02. The van der Waals surface area contributed by atoms with E-state index < -0.39 is 0 Å². The highest BCUT2D eigenvalue weighted by Gasteiger charge is 2.38. The lowest BCUT2D eigenvalue weighted by Crippen LogP contribution is -2.42. The van der Waals surface area contributed by atoms with Gasteiger partial charge in [-0.2, -0.15) is 0 Å². The molecule has 2 aliphatic heterocycles. The quantitative estimate of drug-likeness (QED) is 0.696. The largest absolute Gasteiger partial charge is 0.466 e. The van der Waals surface area contributed by atoms with E-state index in [2.05, 4.69) is 12.2 Å². The molecule has 1 aromatic rings. The van der Waals surface area contributed by atoms with Gasteiger partial charge in [-0.1, -0.05) is 12.2 Å². The molecule has 0 radical (unpaired) electrons. The van der Waals surface area contributed by atoms with Crippen molar-refractivity contribution in [1.29, 1.82) is 0 Å². The molecule has 3 nitrogen and oxygen atoms in total. The van der Waals surface area contributed by atoms with Gasteiger partial charge >= 0.3 is 0 Å². The molecule has 2 aliphatic rings. The number of amides is 1. The van der Waals surface area contributed by atoms with Crippen molar-refractivity contribution in [2.45, 2.75) is 45.2 Å². The minimum atomic E-state index is 0.135. The first-order valence-corrected chi connectivity index (χ1v) is 6.23. The van der Waals surface area contributed by atoms with Crippen molar-refractivity contribution in [2.75, 3.05) is 0 Å². The maximum absolute atomic E-state index is 12.5. The van der Waals surface area contributed by atoms with Crippen LogP contribution in [-0.2, 0) is 0 Å². The van der Waals surface area contributed by atoms with E-state index in [1.54, 1.807) is 0 Å². The van der Waals surface area contributed by atoms with E-state index in [0.717, 1.165) is 36.3 Å². The molecule has 0 saturated carbocycles. The van der Waals surface area contributed by atoms with Crippen molar-refractivity contribution in [3.63, 3.8) is 0 Å². The Kier molecular flexibility index (Phi) is 2.35. The van der Waals surface area contributed by atoms with E-state index in [1.165, 1.54) is 0 Å². The summed E-state index contributed by atoms with van der Waals surface area (Å²) in [4.78, 5) is 14.6. The summed E-state index contributed by atoms with van der Waals surface area (Å²) in [5.41, 5.74) is 0.731. The minimum absolute atomic E-state index is 0.135. The van der Waals surface area contributed by atoms with Crippen molar-refractivity contribution in [1.82, 2.24) is 4.90 Å². The number of fused-ring (bicyclic) bond motifs is 2. The Morgan fingerprint density at radius 2 is 2.24 bits per heavy atom. The van der Waals surface area contributed by atoms with Crippen LogP contribution in [0, 0.1) is 13.8 Å². The molecule has 1 amide bonds. The molecule has 3 heterocycles. The Bertz CT molecular complexity index is 486. The maximum atomic E-state index is 12.5. The molecule has 1 saturated heterocycles. The van der Waals surface area contributed by atoms with Gasteiger partial charge in [0, 0.05) is 6.04 Å². The minimum Gasteiger partial charge on any atom is -0.466 e. The standard InChI is InChI=1S/C14H17NO2/c1-9-8-13(10(2)17-9)14(16)15-11-4-3-5-12(15)7-6-11/h3-4,8,11-12H,5-7H2,1-2H3/t11-,12-/m0/s1. The van der Waals surface area contributed by atoms with Crippen LogP contribution >= 0.6 is 0 Å². The molecule has 1 fully saturated rings. The van der Waals surface area contributed by atoms with Gasteiger partial charge in [0.25, 0.3) is 5.91 Å². The number of rotatable bonds is 1. The van der Waals surface area contributed by atoms with Crippen LogP contribution in [-0.4, -0.2) is 22.9 Å². The van der Waals surface area contributed by atoms with Crippen LogP contribution in [0.15, 0.2) is 22.6 Å². The zero-order valence-corrected chi connectivity index (χ0v) is 10.3. The summed E-state index contributed by atoms with van der Waals surface area (Å²) in [5, 5.41) is 0. The number of furan rings is 1. The zero-order valence-electron chi connectivity index (χ0n) is 10.3. The molecule has 0 unspecified atom stereocenters. The van der Waals surface area contributed by atoms with Crippen LogP contribution in [0.1, 0.15) is 41.1 Å². The molecule has 3 rings (SSSR count). The van der Waals surface area contributed by atoms with E-state index in [0.29, 0.717) is 12.1 Å². The van der Waals surface area contributed by atoms with Gasteiger partial charge in [-0.05, 0) is 39.2 Å². The van der Waals surface area contributed by atoms with Crippen LogP contribution in [0.4, 0.5) is 0 Å². The van der Waals surface area contributed by atoms with Gasteiger partial charge in [0.2, 0.25) is 0 Å². The van der Waals surface area contributed by atoms with Gasteiger partial charge in [-0.3, -0.25) is 4.79 Å². The van der Waals surface area contributed by atoms with Gasteiger partial charge in [-0.25, -0.2) is 0 Å². The molecule has 3 heteroatoms. The highest BCUT2D eigenvalue weighted by Crippen LogP contribution is 2.33. The van der Waals surface area contributed by atoms with Crippen molar-refractivity contribution in [2.24, 2.45) is 0 Å². The Morgan fingerprint density at radius 3 is 2.88 bits per heavy atom. The third-order valence-corrected chi connectivity index (χ3v) is 3.82. The maximum Gasteiger partial charge on any atom is 0.258 e. The van der Waals surface area contributed by atoms with Crippen LogP contribution in [0.2, 0.25) is 0 Å². The van der Waals surface area contributed by atoms with E-state index in [1.807, 2.05) is 24.8 Å². The molecule has 0 aromatic carbocycles. The Hall–Kier alpha value is -1.51. The van der Waals surface area contributed by atoms with Crippen molar-refractivity contribution in [3.8, 4) is 0 Å². The summed E-state index contributed by atoms with van der Waals surface area (Å²) in [5.74, 6) is 1.68. The number of carbonyl (C=O) groups excluding carboxylic acids is 1. The van der Waals surface area contributed by atoms with Gasteiger partial charge in [0.1, 0.15) is 11.5 Å². The summed E-state index contributed by atoms with van der Waals surface area (Å²) in [6.45, 7) is 3.75. The molecule has 2 bridgehead atoms. The summed E-state index contributed by atoms with van der Waals surface area (Å²) in [6.07, 6.45) is 7.60. The summed E-state index contributed by atoms with van der Waals surface area (Å²) in [6, 6.07) is 2.55. The zero-order chi connectivity index (χ0) is 12.0. The highest BCUT2D eigenvalue weighted by atomic mass is 16.3. The summed E-state index contributed by atoms with van der Waals surface area (Å²) >= 11 is 0. The molecule has 0 N–H and O–H groups in total. The predicted octanol–water partition coefficient (Wildman–Crippen LogP) is 2.83. The van der Waals surface area contributed by atoms with Crippen LogP contribution < -0.4 is 0 Å². The lowest BCUT2D eigenvalue weighted by molar-refractivity contribution is 0.0687. The summed E-state index contributed by atoms with van der Waals surface area (Å²) in [7, 11) is 0. The Morgan fingerprint density at radius 1 is 1.41 bits per heavy atom. The Balaban J connectivity index is 1.93. The first kappa shape index (κ1) is 10.6. The lowest BCUT2D eigenvalue weighted by Gasteiger charge is -2.31. The van der Waals surface area contributed by atoms with Crippen LogP contribution in [0.25, 0.3) is 0 Å². The van der Waals surface area contributed by atoms with Gasteiger partial charge < -0.3 is 9.32 Å². The van der Waals surface area contributed by atoms with Gasteiger partial charge in [0.15, 0.2) is 0 Å². The molecule has 0 spiro atoms. The van der Waals surface area contributed by atoms with Crippen molar-refractivity contribution >= 4 is 5.91 Å². The molecular formula is C14H17NO2. The van der Waals surface area contributed by atoms with E-state index in [-0.39, 0.29) is 5.91 Å². The number of hydrogen-bond donors (Lipinski definition) is 0. The van der Waals surface area contributed by atoms with E-state index >= 15 is 0 Å². The molecule has 1 aromatic heterocycles. The number of hydrogen-bond acceptors (Lipinski definition) is 2. The van der Waals surface area contributed by atoms with Gasteiger partial charge in [-0.15, -0.1) is 0 Å².